The molecule has 0 spiro atoms. The molecule has 0 fully saturated rings. The van der Waals surface area contributed by atoms with Gasteiger partial charge in [-0.25, -0.2) is 4.39 Å². The Morgan fingerprint density at radius 3 is 2.75 bits per heavy atom. The summed E-state index contributed by atoms with van der Waals surface area (Å²) >= 11 is 12.9. The van der Waals surface area contributed by atoms with Gasteiger partial charge in [0.25, 0.3) is 0 Å². The first-order valence-electron chi connectivity index (χ1n) is 3.40. The highest BCUT2D eigenvalue weighted by molar-refractivity contribution is 9.10. The van der Waals surface area contributed by atoms with E-state index in [9.17, 15) is 4.39 Å². The van der Waals surface area contributed by atoms with Gasteiger partial charge in [0.2, 0.25) is 0 Å². The molecule has 0 N–H and O–H groups in total. The van der Waals surface area contributed by atoms with Crippen molar-refractivity contribution < 1.29 is 4.39 Å². The van der Waals surface area contributed by atoms with Gasteiger partial charge in [-0.1, -0.05) is 27.5 Å². The van der Waals surface area contributed by atoms with E-state index in [0.717, 1.165) is 4.47 Å². The maximum absolute atomic E-state index is 13.3. The van der Waals surface area contributed by atoms with Gasteiger partial charge in [0, 0.05) is 10.0 Å². The van der Waals surface area contributed by atoms with E-state index in [4.69, 9.17) is 11.6 Å². The molecule has 0 unspecified atom stereocenters. The molecule has 0 aliphatic carbocycles. The highest BCUT2D eigenvalue weighted by Crippen LogP contribution is 2.26. The Morgan fingerprint density at radius 2 is 2.17 bits per heavy atom. The van der Waals surface area contributed by atoms with Crippen LogP contribution >= 0.6 is 40.2 Å². The second-order valence-electron chi connectivity index (χ2n) is 2.30. The molecule has 0 amide bonds. The van der Waals surface area contributed by atoms with E-state index in [1.807, 2.05) is 0 Å². The van der Waals surface area contributed by atoms with Crippen molar-refractivity contribution in [1.82, 2.24) is 0 Å². The SMILES string of the molecule is Fc1c(Cl)ccc(Br)c1CCS. The van der Waals surface area contributed by atoms with Gasteiger partial charge in [0.15, 0.2) is 0 Å². The van der Waals surface area contributed by atoms with Gasteiger partial charge < -0.3 is 0 Å². The summed E-state index contributed by atoms with van der Waals surface area (Å²) in [6, 6.07) is 3.27. The zero-order valence-electron chi connectivity index (χ0n) is 6.15. The normalized spacial score (nSPS) is 10.3. The summed E-state index contributed by atoms with van der Waals surface area (Å²) in [6.07, 6.45) is 0.579. The van der Waals surface area contributed by atoms with E-state index in [1.54, 1.807) is 6.07 Å². The standard InChI is InChI=1S/C8H7BrClFS/c9-6-1-2-7(10)8(11)5(6)3-4-12/h1-2,12H,3-4H2. The molecule has 0 aromatic heterocycles. The van der Waals surface area contributed by atoms with E-state index >= 15 is 0 Å². The lowest BCUT2D eigenvalue weighted by atomic mass is 10.1. The number of benzene rings is 1. The van der Waals surface area contributed by atoms with Gasteiger partial charge >= 0.3 is 0 Å². The Balaban J connectivity index is 3.14. The summed E-state index contributed by atoms with van der Waals surface area (Å²) in [7, 11) is 0. The van der Waals surface area contributed by atoms with Crippen molar-refractivity contribution in [3.63, 3.8) is 0 Å². The molecule has 0 atom stereocenters. The molecule has 1 aromatic carbocycles. The fraction of sp³-hybridized carbons (Fsp3) is 0.250. The van der Waals surface area contributed by atoms with Crippen LogP contribution in [0, 0.1) is 5.82 Å². The lowest BCUT2D eigenvalue weighted by Gasteiger charge is -2.04. The molecule has 0 radical (unpaired) electrons. The third kappa shape index (κ3) is 2.15. The van der Waals surface area contributed by atoms with Gasteiger partial charge in [0.05, 0.1) is 5.02 Å². The van der Waals surface area contributed by atoms with Crippen molar-refractivity contribution >= 4 is 40.2 Å². The average Bonchev–Trinajstić information content (AvgIpc) is 2.06. The summed E-state index contributed by atoms with van der Waals surface area (Å²) in [5.41, 5.74) is 0.595. The highest BCUT2D eigenvalue weighted by atomic mass is 79.9. The molecule has 0 saturated heterocycles. The van der Waals surface area contributed by atoms with Crippen LogP contribution in [-0.2, 0) is 6.42 Å². The molecule has 1 aromatic rings. The maximum Gasteiger partial charge on any atom is 0.146 e. The molecule has 66 valence electrons. The van der Waals surface area contributed by atoms with E-state index in [0.29, 0.717) is 17.7 Å². The summed E-state index contributed by atoms with van der Waals surface area (Å²) in [5, 5.41) is 0.162. The molecular weight excluding hydrogens is 263 g/mol. The minimum atomic E-state index is -0.347. The predicted octanol–water partition coefficient (Wildman–Crippen LogP) is 3.71. The number of hydrogen-bond donors (Lipinski definition) is 1. The third-order valence-electron chi connectivity index (χ3n) is 1.50. The maximum atomic E-state index is 13.3. The summed E-state index contributed by atoms with van der Waals surface area (Å²) in [5.74, 6) is 0.260. The summed E-state index contributed by atoms with van der Waals surface area (Å²) in [4.78, 5) is 0. The van der Waals surface area contributed by atoms with Gasteiger partial charge in [0.1, 0.15) is 5.82 Å². The van der Waals surface area contributed by atoms with Gasteiger partial charge in [-0.3, -0.25) is 0 Å². The minimum Gasteiger partial charge on any atom is -0.205 e. The largest absolute Gasteiger partial charge is 0.205 e. The quantitative estimate of drug-likeness (QED) is 0.614. The second-order valence-corrected chi connectivity index (χ2v) is 4.00. The summed E-state index contributed by atoms with van der Waals surface area (Å²) < 4.78 is 14.0. The zero-order chi connectivity index (χ0) is 9.14. The van der Waals surface area contributed by atoms with Crippen LogP contribution in [-0.4, -0.2) is 5.75 Å². The van der Waals surface area contributed by atoms with Crippen LogP contribution in [0.2, 0.25) is 5.02 Å². The third-order valence-corrected chi connectivity index (χ3v) is 2.76. The molecule has 0 nitrogen and oxygen atoms in total. The van der Waals surface area contributed by atoms with Crippen LogP contribution in [0.15, 0.2) is 16.6 Å². The number of rotatable bonds is 2. The molecule has 0 saturated carbocycles. The van der Waals surface area contributed by atoms with Crippen molar-refractivity contribution in [2.24, 2.45) is 0 Å². The van der Waals surface area contributed by atoms with E-state index in [1.165, 1.54) is 6.07 Å². The zero-order valence-corrected chi connectivity index (χ0v) is 9.39. The van der Waals surface area contributed by atoms with Crippen molar-refractivity contribution in [2.45, 2.75) is 6.42 Å². The Hall–Kier alpha value is 0.270. The monoisotopic (exact) mass is 268 g/mol. The Morgan fingerprint density at radius 1 is 1.50 bits per heavy atom. The van der Waals surface area contributed by atoms with E-state index < -0.39 is 0 Å². The minimum absolute atomic E-state index is 0.162. The smallest absolute Gasteiger partial charge is 0.146 e. The van der Waals surface area contributed by atoms with Crippen LogP contribution in [0.25, 0.3) is 0 Å². The first kappa shape index (κ1) is 10.4. The van der Waals surface area contributed by atoms with Crippen LogP contribution in [0.1, 0.15) is 5.56 Å². The molecule has 0 heterocycles. The summed E-state index contributed by atoms with van der Waals surface area (Å²) in [6.45, 7) is 0. The van der Waals surface area contributed by atoms with Crippen molar-refractivity contribution in [1.29, 1.82) is 0 Å². The van der Waals surface area contributed by atoms with Crippen LogP contribution in [0.4, 0.5) is 4.39 Å². The van der Waals surface area contributed by atoms with Gasteiger partial charge in [-0.2, -0.15) is 12.6 Å². The first-order valence-corrected chi connectivity index (χ1v) is 5.20. The number of halogens is 3. The van der Waals surface area contributed by atoms with Crippen LogP contribution in [0.5, 0.6) is 0 Å². The number of thiol groups is 1. The lowest BCUT2D eigenvalue weighted by molar-refractivity contribution is 0.612. The Bertz CT molecular complexity index is 291. The number of hydrogen-bond acceptors (Lipinski definition) is 1. The first-order chi connectivity index (χ1) is 5.66. The van der Waals surface area contributed by atoms with Crippen molar-refractivity contribution in [3.05, 3.63) is 33.0 Å². The fourth-order valence-electron chi connectivity index (χ4n) is 0.910. The van der Waals surface area contributed by atoms with Gasteiger partial charge in [-0.15, -0.1) is 0 Å². The Labute approximate surface area is 89.7 Å². The van der Waals surface area contributed by atoms with Gasteiger partial charge in [-0.05, 0) is 24.3 Å². The predicted molar refractivity (Wildman–Crippen MR) is 56.7 cm³/mol. The molecule has 1 rings (SSSR count). The second kappa shape index (κ2) is 4.49. The average molecular weight is 270 g/mol. The van der Waals surface area contributed by atoms with Crippen LogP contribution < -0.4 is 0 Å². The molecule has 0 aliphatic rings. The van der Waals surface area contributed by atoms with E-state index in [2.05, 4.69) is 28.6 Å². The molecule has 4 heteroatoms. The molecular formula is C8H7BrClFS. The molecule has 0 aliphatic heterocycles. The topological polar surface area (TPSA) is 0 Å². The Kier molecular flexibility index (Phi) is 3.87. The lowest BCUT2D eigenvalue weighted by Crippen LogP contribution is -1.94. The van der Waals surface area contributed by atoms with E-state index in [-0.39, 0.29) is 10.8 Å². The fourth-order valence-corrected chi connectivity index (χ4v) is 1.82. The highest BCUT2D eigenvalue weighted by Gasteiger charge is 2.09. The molecule has 0 bridgehead atoms. The molecule has 12 heavy (non-hydrogen) atoms. The van der Waals surface area contributed by atoms with Crippen LogP contribution in [0.3, 0.4) is 0 Å². The van der Waals surface area contributed by atoms with Crippen molar-refractivity contribution in [3.8, 4) is 0 Å². The van der Waals surface area contributed by atoms with Crippen molar-refractivity contribution in [2.75, 3.05) is 5.75 Å².